The number of nitrogens with one attached hydrogen (secondary N) is 2. The molecule has 0 aliphatic carbocycles. The summed E-state index contributed by atoms with van der Waals surface area (Å²) in [5.41, 5.74) is 0.976. The monoisotopic (exact) mass is 236 g/mol. The first kappa shape index (κ1) is 12.1. The molecule has 1 aliphatic heterocycles. The largest absolute Gasteiger partial charge is 0.467 e. The summed E-state index contributed by atoms with van der Waals surface area (Å²) in [6.45, 7) is 8.35. The molecule has 1 fully saturated rings. The highest BCUT2D eigenvalue weighted by atomic mass is 16.5. The average molecular weight is 236 g/mol. The lowest BCUT2D eigenvalue weighted by Crippen LogP contribution is -2.51. The second-order valence-corrected chi connectivity index (χ2v) is 5.37. The molecule has 0 unspecified atom stereocenters. The number of hydrogen-bond donors (Lipinski definition) is 2. The molecule has 0 amide bonds. The van der Waals surface area contributed by atoms with E-state index in [0.717, 1.165) is 24.6 Å². The second-order valence-electron chi connectivity index (χ2n) is 5.37. The highest BCUT2D eigenvalue weighted by Gasteiger charge is 2.21. The van der Waals surface area contributed by atoms with Gasteiger partial charge in [-0.1, -0.05) is 20.8 Å². The van der Waals surface area contributed by atoms with Gasteiger partial charge in [-0.3, -0.25) is 0 Å². The summed E-state index contributed by atoms with van der Waals surface area (Å²) in [5, 5.41) is 6.59. The van der Waals surface area contributed by atoms with Crippen LogP contribution in [0.2, 0.25) is 0 Å². The van der Waals surface area contributed by atoms with Crippen LogP contribution in [-0.2, 0) is 5.41 Å². The van der Waals surface area contributed by atoms with Gasteiger partial charge in [0.05, 0.1) is 18.8 Å². The number of nitrogens with zero attached hydrogens (tertiary/aromatic N) is 2. The number of rotatable bonds is 3. The summed E-state index contributed by atoms with van der Waals surface area (Å²) < 4.78 is 5.15. The number of methoxy groups -OCH3 is 1. The Labute approximate surface area is 102 Å². The van der Waals surface area contributed by atoms with Gasteiger partial charge in [0.15, 0.2) is 0 Å². The Bertz CT molecular complexity index is 396. The molecule has 2 N–H and O–H groups in total. The van der Waals surface area contributed by atoms with Crippen LogP contribution in [0.4, 0.5) is 5.82 Å². The minimum absolute atomic E-state index is 0.00941. The number of ether oxygens (including phenoxy) is 1. The zero-order valence-electron chi connectivity index (χ0n) is 10.9. The highest BCUT2D eigenvalue weighted by molar-refractivity contribution is 5.40. The fourth-order valence-corrected chi connectivity index (χ4v) is 1.57. The summed E-state index contributed by atoms with van der Waals surface area (Å²) in [6, 6.07) is 2.88. The van der Waals surface area contributed by atoms with Crippen molar-refractivity contribution in [3.05, 3.63) is 11.8 Å². The number of anilines is 1. The normalized spacial score (nSPS) is 16.5. The lowest BCUT2D eigenvalue weighted by atomic mass is 9.92. The predicted octanol–water partition coefficient (Wildman–Crippen LogP) is 1.17. The lowest BCUT2D eigenvalue weighted by Gasteiger charge is -2.29. The first-order valence-electron chi connectivity index (χ1n) is 5.90. The van der Waals surface area contributed by atoms with Crippen LogP contribution in [-0.4, -0.2) is 36.2 Å². The lowest BCUT2D eigenvalue weighted by molar-refractivity contribution is 0.373. The average Bonchev–Trinajstić information content (AvgIpc) is 2.22. The quantitative estimate of drug-likeness (QED) is 0.825. The molecular weight excluding hydrogens is 216 g/mol. The topological polar surface area (TPSA) is 59.1 Å². The van der Waals surface area contributed by atoms with Crippen molar-refractivity contribution < 1.29 is 4.74 Å². The second kappa shape index (κ2) is 4.49. The predicted molar refractivity (Wildman–Crippen MR) is 67.6 cm³/mol. The molecule has 0 radical (unpaired) electrons. The molecule has 1 saturated heterocycles. The van der Waals surface area contributed by atoms with Crippen molar-refractivity contribution in [3.8, 4) is 6.01 Å². The van der Waals surface area contributed by atoms with E-state index in [1.165, 1.54) is 0 Å². The van der Waals surface area contributed by atoms with E-state index in [1.807, 2.05) is 6.07 Å². The maximum absolute atomic E-state index is 5.15. The molecule has 0 saturated carbocycles. The third-order valence-electron chi connectivity index (χ3n) is 2.79. The highest BCUT2D eigenvalue weighted by Crippen LogP contribution is 2.24. The van der Waals surface area contributed by atoms with Crippen molar-refractivity contribution in [1.82, 2.24) is 15.3 Å². The maximum Gasteiger partial charge on any atom is 0.318 e. The maximum atomic E-state index is 5.15. The minimum atomic E-state index is -0.00941. The van der Waals surface area contributed by atoms with Crippen molar-refractivity contribution >= 4 is 5.82 Å². The van der Waals surface area contributed by atoms with E-state index in [2.05, 4.69) is 41.4 Å². The Morgan fingerprint density at radius 2 is 2.06 bits per heavy atom. The van der Waals surface area contributed by atoms with Crippen LogP contribution < -0.4 is 15.4 Å². The fourth-order valence-electron chi connectivity index (χ4n) is 1.57. The standard InChI is InChI=1S/C12H20N4O/c1-12(2,3)9-5-10(14-8-6-13-7-8)16-11(15-9)17-4/h5,8,13H,6-7H2,1-4H3,(H,14,15,16). The first-order valence-corrected chi connectivity index (χ1v) is 5.90. The van der Waals surface area contributed by atoms with Crippen LogP contribution >= 0.6 is 0 Å². The van der Waals surface area contributed by atoms with Crippen LogP contribution in [0.5, 0.6) is 6.01 Å². The van der Waals surface area contributed by atoms with Gasteiger partial charge in [0.2, 0.25) is 0 Å². The Morgan fingerprint density at radius 3 is 2.53 bits per heavy atom. The van der Waals surface area contributed by atoms with Crippen molar-refractivity contribution in [1.29, 1.82) is 0 Å². The van der Waals surface area contributed by atoms with E-state index < -0.39 is 0 Å². The van der Waals surface area contributed by atoms with E-state index >= 15 is 0 Å². The zero-order valence-corrected chi connectivity index (χ0v) is 10.9. The fraction of sp³-hybridized carbons (Fsp3) is 0.667. The van der Waals surface area contributed by atoms with Gasteiger partial charge in [-0.25, -0.2) is 0 Å². The molecule has 5 heteroatoms. The molecule has 94 valence electrons. The summed E-state index contributed by atoms with van der Waals surface area (Å²) in [5.74, 6) is 0.841. The molecule has 0 bridgehead atoms. The molecule has 1 aromatic heterocycles. The van der Waals surface area contributed by atoms with Gasteiger partial charge in [-0.2, -0.15) is 9.97 Å². The summed E-state index contributed by atoms with van der Waals surface area (Å²) in [7, 11) is 1.59. The molecule has 2 rings (SSSR count). The van der Waals surface area contributed by atoms with Gasteiger partial charge in [-0.05, 0) is 0 Å². The molecule has 17 heavy (non-hydrogen) atoms. The Balaban J connectivity index is 2.24. The van der Waals surface area contributed by atoms with Gasteiger partial charge < -0.3 is 15.4 Å². The molecule has 0 spiro atoms. The van der Waals surface area contributed by atoms with Crippen LogP contribution in [0.3, 0.4) is 0 Å². The van der Waals surface area contributed by atoms with Gasteiger partial charge in [0, 0.05) is 24.6 Å². The van der Waals surface area contributed by atoms with E-state index in [-0.39, 0.29) is 5.41 Å². The van der Waals surface area contributed by atoms with Crippen molar-refractivity contribution in [2.45, 2.75) is 32.2 Å². The van der Waals surface area contributed by atoms with Crippen molar-refractivity contribution in [2.24, 2.45) is 0 Å². The first-order chi connectivity index (χ1) is 7.99. The Hall–Kier alpha value is -1.36. The van der Waals surface area contributed by atoms with Crippen LogP contribution in [0.1, 0.15) is 26.5 Å². The van der Waals surface area contributed by atoms with Crippen LogP contribution in [0, 0.1) is 0 Å². The minimum Gasteiger partial charge on any atom is -0.467 e. The summed E-state index contributed by atoms with van der Waals surface area (Å²) >= 11 is 0. The molecule has 1 aromatic rings. The number of aromatic nitrogens is 2. The zero-order chi connectivity index (χ0) is 12.5. The molecule has 1 aliphatic rings. The van der Waals surface area contributed by atoms with Gasteiger partial charge in [0.1, 0.15) is 5.82 Å². The summed E-state index contributed by atoms with van der Waals surface area (Å²) in [4.78, 5) is 8.70. The van der Waals surface area contributed by atoms with E-state index in [1.54, 1.807) is 7.11 Å². The summed E-state index contributed by atoms with van der Waals surface area (Å²) in [6.07, 6.45) is 0. The van der Waals surface area contributed by atoms with Gasteiger partial charge in [0.25, 0.3) is 0 Å². The van der Waals surface area contributed by atoms with Gasteiger partial charge >= 0.3 is 6.01 Å². The third kappa shape index (κ3) is 2.85. The Kier molecular flexibility index (Phi) is 3.19. The molecule has 0 aromatic carbocycles. The Morgan fingerprint density at radius 1 is 1.35 bits per heavy atom. The third-order valence-corrected chi connectivity index (χ3v) is 2.79. The van der Waals surface area contributed by atoms with Crippen molar-refractivity contribution in [3.63, 3.8) is 0 Å². The molecule has 0 atom stereocenters. The van der Waals surface area contributed by atoms with Gasteiger partial charge in [-0.15, -0.1) is 0 Å². The van der Waals surface area contributed by atoms with Crippen molar-refractivity contribution in [2.75, 3.05) is 25.5 Å². The van der Waals surface area contributed by atoms with E-state index in [0.29, 0.717) is 12.1 Å². The molecule has 2 heterocycles. The molecule has 5 nitrogen and oxygen atoms in total. The number of hydrogen-bond acceptors (Lipinski definition) is 5. The molecular formula is C12H20N4O. The van der Waals surface area contributed by atoms with E-state index in [4.69, 9.17) is 4.74 Å². The SMILES string of the molecule is COc1nc(NC2CNC2)cc(C(C)(C)C)n1. The van der Waals surface area contributed by atoms with Crippen LogP contribution in [0.15, 0.2) is 6.07 Å². The smallest absolute Gasteiger partial charge is 0.318 e. The van der Waals surface area contributed by atoms with Crippen LogP contribution in [0.25, 0.3) is 0 Å². The van der Waals surface area contributed by atoms with E-state index in [9.17, 15) is 0 Å².